The fraction of sp³-hybridized carbons (Fsp3) is 0.115. The molecule has 1 fully saturated rings. The van der Waals surface area contributed by atoms with Gasteiger partial charge in [0.05, 0.1) is 11.5 Å². The van der Waals surface area contributed by atoms with E-state index in [0.717, 1.165) is 16.3 Å². The van der Waals surface area contributed by atoms with E-state index in [1.807, 2.05) is 83.7 Å². The zero-order valence-electron chi connectivity index (χ0n) is 17.1. The maximum absolute atomic E-state index is 12.2. The van der Waals surface area contributed by atoms with Crippen LogP contribution in [0.1, 0.15) is 23.1 Å². The van der Waals surface area contributed by atoms with Crippen LogP contribution in [0.25, 0.3) is 10.8 Å². The first-order valence-corrected chi connectivity index (χ1v) is 10.7. The SMILES string of the molecule is N=C=C1C(=S)N[C@@](O)(c2ccccc2)[C@H]([n+]2ccc3ccccc3c2)[C@H]1c1ccncc1. The maximum atomic E-state index is 12.2. The Morgan fingerprint density at radius 3 is 2.38 bits per heavy atom. The van der Waals surface area contributed by atoms with Crippen molar-refractivity contribution in [1.82, 2.24) is 10.3 Å². The minimum absolute atomic E-state index is 0.311. The molecule has 4 aromatic rings. The lowest BCUT2D eigenvalue weighted by atomic mass is 9.74. The average Bonchev–Trinajstić information content (AvgIpc) is 2.84. The Labute approximate surface area is 191 Å². The monoisotopic (exact) mass is 437 g/mol. The van der Waals surface area contributed by atoms with Gasteiger partial charge in [0.2, 0.25) is 11.8 Å². The quantitative estimate of drug-likeness (QED) is 0.197. The Balaban J connectivity index is 1.80. The van der Waals surface area contributed by atoms with Crippen LogP contribution in [-0.2, 0) is 5.72 Å². The highest BCUT2D eigenvalue weighted by Crippen LogP contribution is 2.45. The predicted octanol–water partition coefficient (Wildman–Crippen LogP) is 3.80. The molecule has 2 aromatic carbocycles. The van der Waals surface area contributed by atoms with E-state index < -0.39 is 17.7 Å². The number of fused-ring (bicyclic) bond motifs is 1. The second-order valence-corrected chi connectivity index (χ2v) is 8.26. The van der Waals surface area contributed by atoms with Gasteiger partial charge >= 0.3 is 0 Å². The van der Waals surface area contributed by atoms with Gasteiger partial charge in [0, 0.05) is 29.4 Å². The molecule has 2 aromatic heterocycles. The van der Waals surface area contributed by atoms with Crippen molar-refractivity contribution >= 4 is 33.8 Å². The molecule has 3 N–H and O–H groups in total. The molecule has 0 unspecified atom stereocenters. The fourth-order valence-corrected chi connectivity index (χ4v) is 4.89. The molecule has 0 saturated carbocycles. The molecule has 156 valence electrons. The fourth-order valence-electron chi connectivity index (χ4n) is 4.56. The van der Waals surface area contributed by atoms with Gasteiger partial charge in [-0.1, -0.05) is 60.7 Å². The summed E-state index contributed by atoms with van der Waals surface area (Å²) in [6.07, 6.45) is 7.42. The molecule has 32 heavy (non-hydrogen) atoms. The van der Waals surface area contributed by atoms with Gasteiger partial charge in [0.15, 0.2) is 12.4 Å². The van der Waals surface area contributed by atoms with Gasteiger partial charge in [-0.3, -0.25) is 10.4 Å². The number of aliphatic hydroxyl groups is 1. The molecule has 5 rings (SSSR count). The van der Waals surface area contributed by atoms with Gasteiger partial charge in [-0.2, -0.15) is 4.57 Å². The molecule has 5 nitrogen and oxygen atoms in total. The third kappa shape index (κ3) is 3.31. The summed E-state index contributed by atoms with van der Waals surface area (Å²) in [6.45, 7) is 0. The van der Waals surface area contributed by atoms with Gasteiger partial charge in [0.25, 0.3) is 0 Å². The molecule has 0 aliphatic carbocycles. The van der Waals surface area contributed by atoms with Crippen molar-refractivity contribution in [1.29, 1.82) is 5.41 Å². The van der Waals surface area contributed by atoms with Crippen molar-refractivity contribution in [2.75, 3.05) is 0 Å². The molecule has 3 heterocycles. The number of nitrogens with one attached hydrogen (secondary N) is 2. The van der Waals surface area contributed by atoms with E-state index >= 15 is 0 Å². The van der Waals surface area contributed by atoms with Crippen LogP contribution in [0.4, 0.5) is 0 Å². The number of nitrogens with zero attached hydrogens (tertiary/aromatic N) is 2. The van der Waals surface area contributed by atoms with Crippen molar-refractivity contribution in [3.05, 3.63) is 114 Å². The van der Waals surface area contributed by atoms with Crippen molar-refractivity contribution in [3.8, 4) is 0 Å². The average molecular weight is 438 g/mol. The molecular formula is C26H21N4OS+. The minimum atomic E-state index is -1.51. The van der Waals surface area contributed by atoms with Gasteiger partial charge < -0.3 is 10.4 Å². The van der Waals surface area contributed by atoms with Gasteiger partial charge in [-0.15, -0.1) is 0 Å². The van der Waals surface area contributed by atoms with Gasteiger partial charge in [-0.05, 0) is 35.0 Å². The molecule has 6 heteroatoms. The number of rotatable bonds is 3. The molecule has 1 saturated heterocycles. The molecule has 0 bridgehead atoms. The van der Waals surface area contributed by atoms with Crippen molar-refractivity contribution in [2.24, 2.45) is 0 Å². The third-order valence-corrected chi connectivity index (χ3v) is 6.37. The lowest BCUT2D eigenvalue weighted by Gasteiger charge is -2.43. The van der Waals surface area contributed by atoms with E-state index in [9.17, 15) is 5.11 Å². The summed E-state index contributed by atoms with van der Waals surface area (Å²) in [5.41, 5.74) is 0.604. The maximum Gasteiger partial charge on any atom is 0.227 e. The normalized spacial score (nSPS) is 22.9. The zero-order valence-corrected chi connectivity index (χ0v) is 18.0. The highest BCUT2D eigenvalue weighted by atomic mass is 32.1. The Morgan fingerprint density at radius 1 is 0.969 bits per heavy atom. The summed E-state index contributed by atoms with van der Waals surface area (Å²) in [5, 5.41) is 25.5. The van der Waals surface area contributed by atoms with E-state index in [1.54, 1.807) is 12.4 Å². The second-order valence-electron chi connectivity index (χ2n) is 7.85. The number of thiocarbonyl (C=S) groups is 1. The number of benzene rings is 2. The van der Waals surface area contributed by atoms with E-state index in [1.165, 1.54) is 0 Å². The van der Waals surface area contributed by atoms with Crippen LogP contribution >= 0.6 is 12.2 Å². The second kappa shape index (κ2) is 8.09. The van der Waals surface area contributed by atoms with E-state index in [-0.39, 0.29) is 0 Å². The summed E-state index contributed by atoms with van der Waals surface area (Å²) >= 11 is 5.62. The van der Waals surface area contributed by atoms with Crippen LogP contribution in [0.3, 0.4) is 0 Å². The first-order chi connectivity index (χ1) is 15.6. The lowest BCUT2D eigenvalue weighted by Crippen LogP contribution is -2.65. The summed E-state index contributed by atoms with van der Waals surface area (Å²) in [7, 11) is 0. The minimum Gasteiger partial charge on any atom is -0.362 e. The van der Waals surface area contributed by atoms with Crippen LogP contribution in [0.5, 0.6) is 0 Å². The standard InChI is InChI=1S/C26H20N4OS/c27-16-22-23(19-10-13-28-14-11-19)24(30-15-12-18-6-4-5-7-20(18)17-30)26(31,29-25(22)32)21-8-2-1-3-9-21/h1-15,17,23-24,27,31H/p+1/t23-,24+,26+/m0/s1. The first kappa shape index (κ1) is 20.2. The first-order valence-electron chi connectivity index (χ1n) is 10.3. The van der Waals surface area contributed by atoms with Crippen molar-refractivity contribution < 1.29 is 9.67 Å². The number of hydrogen-bond donors (Lipinski definition) is 3. The van der Waals surface area contributed by atoms with E-state index in [0.29, 0.717) is 16.1 Å². The number of piperidine rings is 1. The van der Waals surface area contributed by atoms with E-state index in [2.05, 4.69) is 22.2 Å². The summed E-state index contributed by atoms with van der Waals surface area (Å²) < 4.78 is 2.01. The molecule has 1 aliphatic heterocycles. The highest BCUT2D eigenvalue weighted by Gasteiger charge is 2.56. The van der Waals surface area contributed by atoms with Gasteiger partial charge in [-0.25, -0.2) is 0 Å². The Bertz CT molecular complexity index is 1350. The van der Waals surface area contributed by atoms with Gasteiger partial charge in [0.1, 0.15) is 4.99 Å². The predicted molar refractivity (Wildman–Crippen MR) is 127 cm³/mol. The topological polar surface area (TPSA) is 72.9 Å². The van der Waals surface area contributed by atoms with Crippen LogP contribution in [-0.4, -0.2) is 20.9 Å². The molecular weight excluding hydrogens is 416 g/mol. The largest absolute Gasteiger partial charge is 0.362 e. The third-order valence-electron chi connectivity index (χ3n) is 6.05. The summed E-state index contributed by atoms with van der Waals surface area (Å²) in [5.74, 6) is 2.13. The molecule has 0 spiro atoms. The Hall–Kier alpha value is -3.70. The van der Waals surface area contributed by atoms with E-state index in [4.69, 9.17) is 17.6 Å². The number of hydrogen-bond acceptors (Lipinski definition) is 4. The van der Waals surface area contributed by atoms with Crippen LogP contribution in [0.15, 0.2) is 103 Å². The summed E-state index contributed by atoms with van der Waals surface area (Å²) in [6, 6.07) is 22.8. The lowest BCUT2D eigenvalue weighted by molar-refractivity contribution is -0.742. The van der Waals surface area contributed by atoms with Crippen LogP contribution < -0.4 is 9.88 Å². The zero-order chi connectivity index (χ0) is 22.1. The van der Waals surface area contributed by atoms with Crippen LogP contribution in [0.2, 0.25) is 0 Å². The smallest absolute Gasteiger partial charge is 0.227 e. The Kier molecular flexibility index (Phi) is 5.11. The molecule has 0 amide bonds. The Morgan fingerprint density at radius 2 is 1.66 bits per heavy atom. The van der Waals surface area contributed by atoms with Crippen LogP contribution in [0, 0.1) is 5.41 Å². The molecule has 0 radical (unpaired) electrons. The van der Waals surface area contributed by atoms with Crippen molar-refractivity contribution in [2.45, 2.75) is 17.7 Å². The summed E-state index contributed by atoms with van der Waals surface area (Å²) in [4.78, 5) is 4.46. The highest BCUT2D eigenvalue weighted by molar-refractivity contribution is 7.80. The molecule has 1 aliphatic rings. The van der Waals surface area contributed by atoms with Crippen molar-refractivity contribution in [3.63, 3.8) is 0 Å². The number of pyridine rings is 2. The number of aromatic nitrogens is 2. The molecule has 3 atom stereocenters.